The zero-order valence-corrected chi connectivity index (χ0v) is 7.97. The van der Waals surface area contributed by atoms with Crippen LogP contribution in [0.3, 0.4) is 0 Å². The molecule has 0 fully saturated rings. The van der Waals surface area contributed by atoms with Crippen LogP contribution < -0.4 is 5.73 Å². The van der Waals surface area contributed by atoms with Gasteiger partial charge in [0.15, 0.2) is 0 Å². The molecule has 6 heteroatoms. The molecular weight excluding hydrogens is 212 g/mol. The van der Waals surface area contributed by atoms with Crippen LogP contribution in [0.15, 0.2) is 24.3 Å². The van der Waals surface area contributed by atoms with Crippen LogP contribution in [-0.4, -0.2) is 14.2 Å². The third kappa shape index (κ3) is 3.39. The van der Waals surface area contributed by atoms with Crippen molar-refractivity contribution in [2.24, 2.45) is 5.73 Å². The molecule has 14 heavy (non-hydrogen) atoms. The molecule has 2 N–H and O–H groups in total. The van der Waals surface area contributed by atoms with Crippen LogP contribution in [0.5, 0.6) is 0 Å². The second-order valence-electron chi connectivity index (χ2n) is 2.87. The van der Waals surface area contributed by atoms with Crippen LogP contribution >= 0.6 is 0 Å². The van der Waals surface area contributed by atoms with Gasteiger partial charge in [-0.3, -0.25) is 0 Å². The zero-order valence-electron chi connectivity index (χ0n) is 7.15. The second kappa shape index (κ2) is 4.02. The topological polar surface area (TPSA) is 60.2 Å². The molecule has 0 heterocycles. The monoisotopic (exact) mass is 221 g/mol. The summed E-state index contributed by atoms with van der Waals surface area (Å²) in [6.07, 6.45) is 0. The number of hydrogen-bond donors (Lipinski definition) is 1. The van der Waals surface area contributed by atoms with Gasteiger partial charge in [-0.2, -0.15) is 8.42 Å². The summed E-state index contributed by atoms with van der Waals surface area (Å²) in [4.78, 5) is 0. The highest BCUT2D eigenvalue weighted by atomic mass is 32.3. The molecule has 0 aliphatic rings. The fraction of sp³-hybridized carbons (Fsp3) is 0.250. The predicted octanol–water partition coefficient (Wildman–Crippen LogP) is 1.12. The van der Waals surface area contributed by atoms with Gasteiger partial charge in [0.2, 0.25) is 0 Å². The van der Waals surface area contributed by atoms with Gasteiger partial charge in [0.25, 0.3) is 0 Å². The number of rotatable bonds is 3. The molecule has 1 atom stereocenters. The van der Waals surface area contributed by atoms with Gasteiger partial charge in [-0.25, -0.2) is 4.39 Å². The molecule has 0 aliphatic heterocycles. The number of halogens is 2. The average Bonchev–Trinajstić information content (AvgIpc) is 2.01. The maximum Gasteiger partial charge on any atom is 0.304 e. The molecule has 0 spiro atoms. The van der Waals surface area contributed by atoms with E-state index in [-0.39, 0.29) is 5.56 Å². The van der Waals surface area contributed by atoms with E-state index < -0.39 is 27.8 Å². The van der Waals surface area contributed by atoms with Gasteiger partial charge in [0, 0.05) is 6.04 Å². The van der Waals surface area contributed by atoms with Gasteiger partial charge in [-0.15, -0.1) is 3.89 Å². The summed E-state index contributed by atoms with van der Waals surface area (Å²) < 4.78 is 45.4. The second-order valence-corrected chi connectivity index (χ2v) is 4.28. The van der Waals surface area contributed by atoms with E-state index in [1.807, 2.05) is 0 Å². The molecule has 0 aromatic heterocycles. The van der Waals surface area contributed by atoms with Crippen molar-refractivity contribution in [3.63, 3.8) is 0 Å². The molecule has 1 aromatic carbocycles. The van der Waals surface area contributed by atoms with Crippen molar-refractivity contribution in [3.05, 3.63) is 35.6 Å². The molecule has 0 radical (unpaired) electrons. The van der Waals surface area contributed by atoms with Crippen LogP contribution in [0.2, 0.25) is 0 Å². The first kappa shape index (κ1) is 11.1. The van der Waals surface area contributed by atoms with Gasteiger partial charge >= 0.3 is 10.2 Å². The van der Waals surface area contributed by atoms with Crippen LogP contribution in [0.4, 0.5) is 8.28 Å². The van der Waals surface area contributed by atoms with Crippen molar-refractivity contribution in [2.45, 2.75) is 6.04 Å². The Kier molecular flexibility index (Phi) is 3.17. The highest BCUT2D eigenvalue weighted by molar-refractivity contribution is 7.86. The molecule has 3 nitrogen and oxygen atoms in total. The minimum atomic E-state index is -4.63. The lowest BCUT2D eigenvalue weighted by molar-refractivity contribution is 0.544. The van der Waals surface area contributed by atoms with E-state index in [1.54, 1.807) is 0 Å². The third-order valence-electron chi connectivity index (χ3n) is 1.66. The van der Waals surface area contributed by atoms with Gasteiger partial charge in [-0.05, 0) is 17.7 Å². The number of benzene rings is 1. The molecule has 1 rings (SSSR count). The highest BCUT2D eigenvalue weighted by Crippen LogP contribution is 2.14. The van der Waals surface area contributed by atoms with Crippen LogP contribution in [0, 0.1) is 5.82 Å². The SMILES string of the molecule is NC(CS(=O)(=O)F)c1cccc(F)c1. The standard InChI is InChI=1S/C8H9F2NO2S/c9-7-3-1-2-6(4-7)8(11)5-14(10,12)13/h1-4,8H,5,11H2. The van der Waals surface area contributed by atoms with Gasteiger partial charge < -0.3 is 5.73 Å². The molecule has 0 aliphatic carbocycles. The minimum absolute atomic E-state index is 0.256. The quantitative estimate of drug-likeness (QED) is 0.778. The van der Waals surface area contributed by atoms with Crippen LogP contribution in [0.25, 0.3) is 0 Å². The Morgan fingerprint density at radius 1 is 1.43 bits per heavy atom. The van der Waals surface area contributed by atoms with Crippen molar-refractivity contribution in [3.8, 4) is 0 Å². The zero-order chi connectivity index (χ0) is 10.8. The Labute approximate surface area is 80.8 Å². The van der Waals surface area contributed by atoms with Crippen molar-refractivity contribution >= 4 is 10.2 Å². The lowest BCUT2D eigenvalue weighted by atomic mass is 10.1. The number of nitrogens with two attached hydrogens (primary N) is 1. The van der Waals surface area contributed by atoms with E-state index in [2.05, 4.69) is 0 Å². The molecule has 0 saturated heterocycles. The van der Waals surface area contributed by atoms with Crippen molar-refractivity contribution < 1.29 is 16.7 Å². The summed E-state index contributed by atoms with van der Waals surface area (Å²) in [5.41, 5.74) is 5.62. The van der Waals surface area contributed by atoms with Crippen LogP contribution in [-0.2, 0) is 10.2 Å². The van der Waals surface area contributed by atoms with E-state index in [9.17, 15) is 16.7 Å². The Morgan fingerprint density at radius 3 is 2.57 bits per heavy atom. The predicted molar refractivity (Wildman–Crippen MR) is 48.2 cm³/mol. The molecular formula is C8H9F2NO2S. The molecule has 1 aromatic rings. The summed E-state index contributed by atoms with van der Waals surface area (Å²) in [6.45, 7) is 0. The molecule has 1 unspecified atom stereocenters. The maximum absolute atomic E-state index is 12.7. The number of hydrogen-bond acceptors (Lipinski definition) is 3. The first-order valence-electron chi connectivity index (χ1n) is 3.82. The maximum atomic E-state index is 12.7. The Hall–Kier alpha value is -1.01. The van der Waals surface area contributed by atoms with E-state index >= 15 is 0 Å². The van der Waals surface area contributed by atoms with E-state index in [1.165, 1.54) is 18.2 Å². The Bertz CT molecular complexity index is 419. The Balaban J connectivity index is 2.85. The van der Waals surface area contributed by atoms with Gasteiger partial charge in [0.05, 0.1) is 5.75 Å². The van der Waals surface area contributed by atoms with E-state index in [0.717, 1.165) is 6.07 Å². The summed E-state index contributed by atoms with van der Waals surface area (Å²) in [7, 11) is -4.63. The van der Waals surface area contributed by atoms with Crippen LogP contribution in [0.1, 0.15) is 11.6 Å². The molecule has 0 amide bonds. The average molecular weight is 221 g/mol. The molecule has 78 valence electrons. The lowest BCUT2D eigenvalue weighted by Gasteiger charge is -2.08. The van der Waals surface area contributed by atoms with Crippen molar-refractivity contribution in [1.29, 1.82) is 0 Å². The molecule has 0 saturated carbocycles. The first-order chi connectivity index (χ1) is 6.38. The summed E-state index contributed by atoms with van der Waals surface area (Å²) in [6, 6.07) is 4.06. The summed E-state index contributed by atoms with van der Waals surface area (Å²) in [5.74, 6) is -1.37. The highest BCUT2D eigenvalue weighted by Gasteiger charge is 2.16. The van der Waals surface area contributed by atoms with Crippen molar-refractivity contribution in [1.82, 2.24) is 0 Å². The lowest BCUT2D eigenvalue weighted by Crippen LogP contribution is -2.19. The largest absolute Gasteiger partial charge is 0.323 e. The fourth-order valence-corrected chi connectivity index (χ4v) is 1.67. The Morgan fingerprint density at radius 2 is 2.07 bits per heavy atom. The summed E-state index contributed by atoms with van der Waals surface area (Å²) in [5, 5.41) is 0. The molecule has 0 bridgehead atoms. The smallest absolute Gasteiger partial charge is 0.304 e. The van der Waals surface area contributed by atoms with E-state index in [0.29, 0.717) is 0 Å². The normalized spacial score (nSPS) is 13.9. The fourth-order valence-electron chi connectivity index (χ4n) is 1.05. The summed E-state index contributed by atoms with van der Waals surface area (Å²) >= 11 is 0. The van der Waals surface area contributed by atoms with Crippen molar-refractivity contribution in [2.75, 3.05) is 5.75 Å². The van der Waals surface area contributed by atoms with Gasteiger partial charge in [0.1, 0.15) is 5.82 Å². The minimum Gasteiger partial charge on any atom is -0.323 e. The third-order valence-corrected chi connectivity index (χ3v) is 2.41. The first-order valence-corrected chi connectivity index (χ1v) is 5.37. The van der Waals surface area contributed by atoms with Gasteiger partial charge in [-0.1, -0.05) is 12.1 Å². The van der Waals surface area contributed by atoms with E-state index in [4.69, 9.17) is 5.73 Å².